The lowest BCUT2D eigenvalue weighted by molar-refractivity contribution is 0.747. The van der Waals surface area contributed by atoms with Gasteiger partial charge in [-0.1, -0.05) is 163 Å². The van der Waals surface area contributed by atoms with Crippen LogP contribution in [0.4, 0.5) is 17.2 Å². The lowest BCUT2D eigenvalue weighted by atomic mass is 9.65. The Labute approximate surface area is 350 Å². The second-order valence-electron chi connectivity index (χ2n) is 16.2. The summed E-state index contributed by atoms with van der Waals surface area (Å²) in [6, 6.07) is 74.1. The van der Waals surface area contributed by atoms with E-state index in [1.165, 1.54) is 92.6 Å². The van der Waals surface area contributed by atoms with Gasteiger partial charge in [0.25, 0.3) is 0 Å². The van der Waals surface area contributed by atoms with Gasteiger partial charge in [-0.05, 0) is 98.2 Å². The van der Waals surface area contributed by atoms with E-state index in [-0.39, 0.29) is 0 Å². The number of fused-ring (bicyclic) bond motifs is 17. The fourth-order valence-electron chi connectivity index (χ4n) is 11.0. The van der Waals surface area contributed by atoms with Crippen LogP contribution in [0.3, 0.4) is 0 Å². The Morgan fingerprint density at radius 2 is 1.17 bits per heavy atom. The average molecular weight is 780 g/mol. The van der Waals surface area contributed by atoms with Crippen LogP contribution < -0.4 is 4.90 Å². The van der Waals surface area contributed by atoms with Crippen molar-refractivity contribution in [3.8, 4) is 27.9 Å². The molecule has 0 bridgehead atoms. The summed E-state index contributed by atoms with van der Waals surface area (Å²) in [6.07, 6.45) is 0. The van der Waals surface area contributed by atoms with E-state index in [0.29, 0.717) is 0 Å². The first-order valence-electron chi connectivity index (χ1n) is 20.6. The predicted molar refractivity (Wildman–Crippen MR) is 249 cm³/mol. The van der Waals surface area contributed by atoms with E-state index in [9.17, 15) is 0 Å². The standard InChI is InChI=1S/C56H33N3S/c1-2-15-35-32-36(29-28-34(35)14-1)41-33-52(57-46-23-8-4-16-37(41)46)58-49-26-11-12-27-51(49)60-55-50(58)31-30-44-53(55)40-18-3-6-20-42(40)56(44)43-21-7-10-25-48(43)59-47-24-9-5-17-38(47)39-19-13-22-45(56)54(39)59/h1-33H. The van der Waals surface area contributed by atoms with Crippen LogP contribution in [0.1, 0.15) is 22.3 Å². The van der Waals surface area contributed by atoms with Crippen LogP contribution in [-0.4, -0.2) is 9.55 Å². The first-order valence-corrected chi connectivity index (χ1v) is 21.4. The minimum atomic E-state index is -0.520. The Balaban J connectivity index is 1.06. The first kappa shape index (κ1) is 32.5. The summed E-state index contributed by atoms with van der Waals surface area (Å²) in [5, 5.41) is 6.18. The Morgan fingerprint density at radius 3 is 2.10 bits per heavy atom. The molecule has 0 saturated carbocycles. The largest absolute Gasteiger partial charge is 0.309 e. The van der Waals surface area contributed by atoms with Gasteiger partial charge in [0.15, 0.2) is 0 Å². The van der Waals surface area contributed by atoms with E-state index in [4.69, 9.17) is 4.98 Å². The van der Waals surface area contributed by atoms with Crippen LogP contribution in [0.2, 0.25) is 0 Å². The summed E-state index contributed by atoms with van der Waals surface area (Å²) in [5.41, 5.74) is 16.8. The molecule has 14 rings (SSSR count). The third-order valence-electron chi connectivity index (χ3n) is 13.3. The van der Waals surface area contributed by atoms with Gasteiger partial charge in [-0.25, -0.2) is 4.98 Å². The van der Waals surface area contributed by atoms with Gasteiger partial charge in [-0.2, -0.15) is 0 Å². The fraction of sp³-hybridized carbons (Fsp3) is 0.0179. The van der Waals surface area contributed by atoms with Crippen LogP contribution in [0.25, 0.3) is 71.4 Å². The molecule has 0 fully saturated rings. The van der Waals surface area contributed by atoms with Crippen molar-refractivity contribution in [2.24, 2.45) is 0 Å². The minimum absolute atomic E-state index is 0.520. The molecular formula is C56H33N3S. The highest BCUT2D eigenvalue weighted by Gasteiger charge is 2.52. The molecule has 0 saturated heterocycles. The number of para-hydroxylation sites is 5. The topological polar surface area (TPSA) is 21.1 Å². The number of hydrogen-bond donors (Lipinski definition) is 0. The smallest absolute Gasteiger partial charge is 0.138 e. The van der Waals surface area contributed by atoms with Gasteiger partial charge in [0, 0.05) is 31.5 Å². The molecule has 2 aliphatic heterocycles. The van der Waals surface area contributed by atoms with Crippen LogP contribution >= 0.6 is 11.8 Å². The zero-order valence-electron chi connectivity index (χ0n) is 32.3. The van der Waals surface area contributed by atoms with Crippen molar-refractivity contribution < 1.29 is 0 Å². The third kappa shape index (κ3) is 4.08. The number of pyridine rings is 1. The van der Waals surface area contributed by atoms with Crippen LogP contribution in [0.15, 0.2) is 210 Å². The van der Waals surface area contributed by atoms with E-state index in [0.717, 1.165) is 28.1 Å². The number of rotatable bonds is 2. The van der Waals surface area contributed by atoms with Gasteiger partial charge >= 0.3 is 0 Å². The van der Waals surface area contributed by atoms with E-state index in [1.54, 1.807) is 0 Å². The number of aromatic nitrogens is 2. The maximum absolute atomic E-state index is 5.48. The predicted octanol–water partition coefficient (Wildman–Crippen LogP) is 14.8. The molecule has 3 nitrogen and oxygen atoms in total. The summed E-state index contributed by atoms with van der Waals surface area (Å²) >= 11 is 1.89. The number of anilines is 3. The second kappa shape index (κ2) is 11.8. The van der Waals surface area contributed by atoms with Crippen molar-refractivity contribution in [1.82, 2.24) is 9.55 Å². The van der Waals surface area contributed by atoms with Gasteiger partial charge < -0.3 is 4.57 Å². The Hall–Kier alpha value is -7.40. The highest BCUT2D eigenvalue weighted by Crippen LogP contribution is 2.65. The summed E-state index contributed by atoms with van der Waals surface area (Å²) in [5.74, 6) is 0.907. The molecule has 1 atom stereocenters. The summed E-state index contributed by atoms with van der Waals surface area (Å²) < 4.78 is 2.52. The van der Waals surface area contributed by atoms with Crippen molar-refractivity contribution in [2.75, 3.05) is 4.90 Å². The van der Waals surface area contributed by atoms with E-state index >= 15 is 0 Å². The second-order valence-corrected chi connectivity index (χ2v) is 17.3. The quantitative estimate of drug-likeness (QED) is 0.174. The van der Waals surface area contributed by atoms with Gasteiger partial charge in [-0.15, -0.1) is 0 Å². The van der Waals surface area contributed by atoms with Gasteiger partial charge in [0.05, 0.1) is 39.0 Å². The first-order chi connectivity index (χ1) is 29.8. The molecule has 0 N–H and O–H groups in total. The molecule has 9 aromatic carbocycles. The van der Waals surface area contributed by atoms with E-state index < -0.39 is 5.41 Å². The van der Waals surface area contributed by atoms with Crippen molar-refractivity contribution in [3.63, 3.8) is 0 Å². The monoisotopic (exact) mass is 779 g/mol. The minimum Gasteiger partial charge on any atom is -0.309 e. The molecule has 1 unspecified atom stereocenters. The van der Waals surface area contributed by atoms with Crippen molar-refractivity contribution in [1.29, 1.82) is 0 Å². The Kier molecular flexibility index (Phi) is 6.43. The van der Waals surface area contributed by atoms with Crippen LogP contribution in [0.5, 0.6) is 0 Å². The Bertz CT molecular complexity index is 3670. The van der Waals surface area contributed by atoms with Gasteiger partial charge in [0.1, 0.15) is 5.82 Å². The summed E-state index contributed by atoms with van der Waals surface area (Å²) in [4.78, 5) is 10.4. The van der Waals surface area contributed by atoms with Crippen LogP contribution in [-0.2, 0) is 5.41 Å². The van der Waals surface area contributed by atoms with Gasteiger partial charge in [-0.3, -0.25) is 4.90 Å². The zero-order valence-corrected chi connectivity index (χ0v) is 33.1. The summed E-state index contributed by atoms with van der Waals surface area (Å²) in [6.45, 7) is 0. The molecule has 60 heavy (non-hydrogen) atoms. The zero-order chi connectivity index (χ0) is 39.1. The maximum atomic E-state index is 5.48. The molecule has 1 aliphatic carbocycles. The maximum Gasteiger partial charge on any atom is 0.138 e. The molecule has 4 heteroatoms. The van der Waals surface area contributed by atoms with Gasteiger partial charge in [0.2, 0.25) is 0 Å². The molecule has 3 aliphatic rings. The molecular weight excluding hydrogens is 747 g/mol. The number of hydrogen-bond acceptors (Lipinski definition) is 3. The summed E-state index contributed by atoms with van der Waals surface area (Å²) in [7, 11) is 0. The lowest BCUT2D eigenvalue weighted by Gasteiger charge is -2.40. The molecule has 2 aromatic heterocycles. The Morgan fingerprint density at radius 1 is 0.450 bits per heavy atom. The van der Waals surface area contributed by atoms with Crippen molar-refractivity contribution in [3.05, 3.63) is 222 Å². The molecule has 0 radical (unpaired) electrons. The van der Waals surface area contributed by atoms with E-state index in [2.05, 4.69) is 210 Å². The van der Waals surface area contributed by atoms with Crippen LogP contribution in [0, 0.1) is 0 Å². The SMILES string of the molecule is c1ccc2c(c1)Sc1c(ccc3c1-c1ccccc1C31c3ccccc3-n3c4ccccc4c4cccc1c43)N2c1cc(-c2ccc3ccccc3c2)c2ccccc2n1. The molecule has 0 amide bonds. The van der Waals surface area contributed by atoms with Crippen molar-refractivity contribution in [2.45, 2.75) is 15.2 Å². The fourth-order valence-corrected chi connectivity index (χ4v) is 12.2. The molecule has 4 heterocycles. The highest BCUT2D eigenvalue weighted by atomic mass is 32.2. The third-order valence-corrected chi connectivity index (χ3v) is 14.5. The van der Waals surface area contributed by atoms with E-state index in [1.807, 2.05) is 11.8 Å². The number of benzene rings is 9. The normalized spacial score (nSPS) is 15.6. The molecule has 278 valence electrons. The molecule has 1 spiro atoms. The lowest BCUT2D eigenvalue weighted by Crippen LogP contribution is -2.33. The number of nitrogens with zero attached hydrogens (tertiary/aromatic N) is 3. The van der Waals surface area contributed by atoms with Crippen molar-refractivity contribution >= 4 is 72.4 Å². The average Bonchev–Trinajstić information content (AvgIpc) is 3.81. The highest BCUT2D eigenvalue weighted by molar-refractivity contribution is 8.00. The molecule has 11 aromatic rings.